The van der Waals surface area contributed by atoms with Crippen LogP contribution in [0.5, 0.6) is 17.2 Å². The van der Waals surface area contributed by atoms with E-state index in [0.29, 0.717) is 42.2 Å². The van der Waals surface area contributed by atoms with Crippen LogP contribution in [-0.2, 0) is 17.8 Å². The van der Waals surface area contributed by atoms with Crippen LogP contribution in [0.25, 0.3) is 16.8 Å². The molecule has 0 N–H and O–H groups in total. The van der Waals surface area contributed by atoms with Crippen LogP contribution < -0.4 is 14.2 Å². The highest BCUT2D eigenvalue weighted by atomic mass is 16.5. The number of rotatable bonds is 7. The van der Waals surface area contributed by atoms with E-state index < -0.39 is 0 Å². The van der Waals surface area contributed by atoms with Crippen molar-refractivity contribution in [2.45, 2.75) is 25.4 Å². The highest BCUT2D eigenvalue weighted by Gasteiger charge is 2.30. The lowest BCUT2D eigenvalue weighted by atomic mass is 9.82. The Hall–Kier alpha value is -3.91. The van der Waals surface area contributed by atoms with Crippen LogP contribution in [0.4, 0.5) is 0 Å². The number of fused-ring (bicyclic) bond motifs is 3. The van der Waals surface area contributed by atoms with Crippen molar-refractivity contribution < 1.29 is 23.7 Å². The molecule has 2 aromatic heterocycles. The lowest BCUT2D eigenvalue weighted by Gasteiger charge is -2.24. The van der Waals surface area contributed by atoms with E-state index in [2.05, 4.69) is 4.98 Å². The molecule has 0 unspecified atom stereocenters. The number of carbonyl (C=O) groups excluding carboxylic acids is 1. The molecule has 1 atom stereocenters. The van der Waals surface area contributed by atoms with E-state index in [1.165, 1.54) is 0 Å². The Morgan fingerprint density at radius 3 is 2.40 bits per heavy atom. The fourth-order valence-corrected chi connectivity index (χ4v) is 4.78. The minimum atomic E-state index is 0.0473. The molecule has 0 amide bonds. The first-order valence-corrected chi connectivity index (χ1v) is 11.4. The number of carbonyl (C=O) groups is 1. The average Bonchev–Trinajstić information content (AvgIpc) is 3.27. The quantitative estimate of drug-likeness (QED) is 0.391. The van der Waals surface area contributed by atoms with Gasteiger partial charge in [0.25, 0.3) is 0 Å². The molecule has 0 bridgehead atoms. The van der Waals surface area contributed by atoms with E-state index in [4.69, 9.17) is 24.0 Å². The molecular formula is C27H27N3O5. The summed E-state index contributed by atoms with van der Waals surface area (Å²) >= 11 is 0. The molecule has 1 aliphatic rings. The standard InChI is InChI=1S/C27H27N3O5/c1-32-15-21-26(17-7-10-24(34-3)25(13-17)35-4)27-28-14-20-22(30(27)29-21)11-18(12-23(20)31)16-5-8-19(33-2)9-6-16/h5-10,13-14,18H,11-12,15H2,1-4H3/t18-/m0/s1. The maximum Gasteiger partial charge on any atom is 0.166 e. The van der Waals surface area contributed by atoms with E-state index >= 15 is 0 Å². The molecule has 8 heteroatoms. The molecule has 8 nitrogen and oxygen atoms in total. The fraction of sp³-hybridized carbons (Fsp3) is 0.296. The number of ketones is 1. The van der Waals surface area contributed by atoms with Crippen molar-refractivity contribution in [2.24, 2.45) is 0 Å². The van der Waals surface area contributed by atoms with Gasteiger partial charge in [-0.15, -0.1) is 0 Å². The van der Waals surface area contributed by atoms with Gasteiger partial charge >= 0.3 is 0 Å². The topological polar surface area (TPSA) is 84.2 Å². The van der Waals surface area contributed by atoms with Crippen LogP contribution in [0.1, 0.15) is 39.6 Å². The van der Waals surface area contributed by atoms with Crippen molar-refractivity contribution in [3.63, 3.8) is 0 Å². The zero-order valence-electron chi connectivity index (χ0n) is 20.2. The number of Topliss-reactive ketones (excluding diaryl/α,β-unsaturated/α-hetero) is 1. The Balaban J connectivity index is 1.64. The van der Waals surface area contributed by atoms with E-state index in [1.807, 2.05) is 47.0 Å². The Kier molecular flexibility index (Phi) is 6.13. The van der Waals surface area contributed by atoms with Crippen molar-refractivity contribution in [1.82, 2.24) is 14.6 Å². The molecule has 0 saturated carbocycles. The average molecular weight is 474 g/mol. The lowest BCUT2D eigenvalue weighted by Crippen LogP contribution is -2.22. The lowest BCUT2D eigenvalue weighted by molar-refractivity contribution is 0.0962. The van der Waals surface area contributed by atoms with Gasteiger partial charge in [0.05, 0.1) is 50.5 Å². The summed E-state index contributed by atoms with van der Waals surface area (Å²) in [5.41, 5.74) is 5.70. The largest absolute Gasteiger partial charge is 0.497 e. The van der Waals surface area contributed by atoms with Crippen molar-refractivity contribution >= 4 is 11.4 Å². The summed E-state index contributed by atoms with van der Waals surface area (Å²) in [6, 6.07) is 13.6. The summed E-state index contributed by atoms with van der Waals surface area (Å²) in [5.74, 6) is 2.16. The molecule has 0 aliphatic heterocycles. The summed E-state index contributed by atoms with van der Waals surface area (Å²) < 4.78 is 23.5. The van der Waals surface area contributed by atoms with Crippen molar-refractivity contribution in [1.29, 1.82) is 0 Å². The second kappa shape index (κ2) is 9.38. The van der Waals surface area contributed by atoms with Gasteiger partial charge in [-0.1, -0.05) is 18.2 Å². The smallest absolute Gasteiger partial charge is 0.166 e. The molecule has 0 spiro atoms. The minimum absolute atomic E-state index is 0.0473. The van der Waals surface area contributed by atoms with Crippen LogP contribution in [-0.4, -0.2) is 48.8 Å². The first kappa shape index (κ1) is 22.9. The second-order valence-corrected chi connectivity index (χ2v) is 8.48. The molecule has 4 aromatic rings. The molecule has 2 heterocycles. The van der Waals surface area contributed by atoms with E-state index in [0.717, 1.165) is 33.8 Å². The molecule has 0 saturated heterocycles. The van der Waals surface area contributed by atoms with Crippen molar-refractivity contribution in [3.8, 4) is 28.4 Å². The summed E-state index contributed by atoms with van der Waals surface area (Å²) in [6.45, 7) is 0.303. The monoisotopic (exact) mass is 473 g/mol. The number of hydrogen-bond acceptors (Lipinski definition) is 7. The van der Waals surface area contributed by atoms with E-state index in [-0.39, 0.29) is 11.7 Å². The van der Waals surface area contributed by atoms with Gasteiger partial charge < -0.3 is 18.9 Å². The number of hydrogen-bond donors (Lipinski definition) is 0. The van der Waals surface area contributed by atoms with Crippen LogP contribution in [0.3, 0.4) is 0 Å². The zero-order chi connectivity index (χ0) is 24.5. The van der Waals surface area contributed by atoms with Crippen molar-refractivity contribution in [3.05, 3.63) is 71.2 Å². The normalized spacial score (nSPS) is 15.2. The first-order valence-electron chi connectivity index (χ1n) is 11.4. The molecule has 0 fully saturated rings. The predicted molar refractivity (Wildman–Crippen MR) is 131 cm³/mol. The predicted octanol–water partition coefficient (Wildman–Crippen LogP) is 4.48. The van der Waals surface area contributed by atoms with Gasteiger partial charge in [-0.05, 0) is 47.7 Å². The van der Waals surface area contributed by atoms with Gasteiger partial charge in [-0.2, -0.15) is 5.10 Å². The third-order valence-corrected chi connectivity index (χ3v) is 6.53. The number of nitrogens with zero attached hydrogens (tertiary/aromatic N) is 3. The first-order chi connectivity index (χ1) is 17.1. The Bertz CT molecular complexity index is 1390. The van der Waals surface area contributed by atoms with Crippen LogP contribution in [0.15, 0.2) is 48.7 Å². The third kappa shape index (κ3) is 4.00. The molecular weight excluding hydrogens is 446 g/mol. The number of aromatic nitrogens is 3. The molecule has 0 radical (unpaired) electrons. The summed E-state index contributed by atoms with van der Waals surface area (Å²) in [7, 11) is 6.49. The van der Waals surface area contributed by atoms with E-state index in [1.54, 1.807) is 34.6 Å². The van der Waals surface area contributed by atoms with Gasteiger partial charge in [0.1, 0.15) is 5.75 Å². The molecule has 180 valence electrons. The van der Waals surface area contributed by atoms with Gasteiger partial charge in [0.2, 0.25) is 0 Å². The number of methoxy groups -OCH3 is 4. The summed E-state index contributed by atoms with van der Waals surface area (Å²) in [5, 5.41) is 4.86. The SMILES string of the molecule is COCc1nn2c3c(cnc2c1-c1ccc(OC)c(OC)c1)C(=O)C[C@@H](c1ccc(OC)cc1)C3. The van der Waals surface area contributed by atoms with Gasteiger partial charge in [0, 0.05) is 19.7 Å². The summed E-state index contributed by atoms with van der Waals surface area (Å²) in [6.07, 6.45) is 2.78. The third-order valence-electron chi connectivity index (χ3n) is 6.53. The van der Waals surface area contributed by atoms with Gasteiger partial charge in [-0.25, -0.2) is 9.50 Å². The van der Waals surface area contributed by atoms with Gasteiger partial charge in [-0.3, -0.25) is 4.79 Å². The Morgan fingerprint density at radius 1 is 0.943 bits per heavy atom. The molecule has 1 aliphatic carbocycles. The molecule has 2 aromatic carbocycles. The van der Waals surface area contributed by atoms with Crippen molar-refractivity contribution in [2.75, 3.05) is 28.4 Å². The highest BCUT2D eigenvalue weighted by Crippen LogP contribution is 2.38. The highest BCUT2D eigenvalue weighted by molar-refractivity contribution is 5.99. The number of benzene rings is 2. The number of ether oxygens (including phenoxy) is 4. The minimum Gasteiger partial charge on any atom is -0.497 e. The van der Waals surface area contributed by atoms with Crippen LogP contribution in [0.2, 0.25) is 0 Å². The Morgan fingerprint density at radius 2 is 1.71 bits per heavy atom. The Labute approximate surface area is 203 Å². The maximum absolute atomic E-state index is 13.1. The fourth-order valence-electron chi connectivity index (χ4n) is 4.78. The maximum atomic E-state index is 13.1. The molecule has 35 heavy (non-hydrogen) atoms. The van der Waals surface area contributed by atoms with Crippen LogP contribution in [0, 0.1) is 0 Å². The molecule has 5 rings (SSSR count). The van der Waals surface area contributed by atoms with Gasteiger partial charge in [0.15, 0.2) is 22.9 Å². The second-order valence-electron chi connectivity index (χ2n) is 8.48. The van der Waals surface area contributed by atoms with E-state index in [9.17, 15) is 4.79 Å². The zero-order valence-corrected chi connectivity index (χ0v) is 20.2. The summed E-state index contributed by atoms with van der Waals surface area (Å²) in [4.78, 5) is 17.8. The van der Waals surface area contributed by atoms with Crippen LogP contribution >= 0.6 is 0 Å².